The van der Waals surface area contributed by atoms with Crippen LogP contribution in [0.15, 0.2) is 219 Å². The van der Waals surface area contributed by atoms with Gasteiger partial charge in [0.15, 0.2) is 0 Å². The largest absolute Gasteiger partial charge is 0.487 e. The van der Waals surface area contributed by atoms with Gasteiger partial charge in [0.1, 0.15) is 107 Å². The number of para-hydroxylation sites is 6. The number of benzene rings is 7. The normalized spacial score (nSPS) is 11.4. The first-order chi connectivity index (χ1) is 38.7. The molecule has 0 unspecified atom stereocenters. The van der Waals surface area contributed by atoms with Crippen molar-refractivity contribution in [1.82, 2.24) is 29.9 Å². The monoisotopic (exact) mass is 1020 g/mol. The van der Waals surface area contributed by atoms with Crippen LogP contribution in [0.4, 0.5) is 0 Å². The smallest absolute Gasteiger partial charge is 0.146 e. The SMILES string of the molecule is c1cnc2c(OCc3c(COc4cccc5cccnc45)c(COc4cccc5cccnc45)c(COc4cccc5cccnc45)c(COc4cccc5cccnc45)c3COc3cccc4cccnc34)cccc2c1. The molecule has 0 amide bonds. The number of ether oxygens (including phenoxy) is 6. The predicted octanol–water partition coefficient (Wildman–Crippen LogP) is 14.4. The van der Waals surface area contributed by atoms with Crippen LogP contribution in [0.5, 0.6) is 34.5 Å². The second kappa shape index (κ2) is 21.6. The number of fused-ring (bicyclic) bond motifs is 6. The molecule has 6 heterocycles. The van der Waals surface area contributed by atoms with Crippen LogP contribution in [0.25, 0.3) is 65.4 Å². The van der Waals surface area contributed by atoms with Gasteiger partial charge in [-0.1, -0.05) is 109 Å². The quantitative estimate of drug-likeness (QED) is 0.0810. The molecule has 0 saturated heterocycles. The maximum atomic E-state index is 7.06. The lowest BCUT2D eigenvalue weighted by Crippen LogP contribution is -2.21. The second-order valence-electron chi connectivity index (χ2n) is 18.6. The first kappa shape index (κ1) is 47.5. The lowest BCUT2D eigenvalue weighted by atomic mass is 9.87. The maximum absolute atomic E-state index is 7.06. The van der Waals surface area contributed by atoms with Crippen molar-refractivity contribution in [1.29, 1.82) is 0 Å². The number of hydrogen-bond acceptors (Lipinski definition) is 12. The summed E-state index contributed by atoms with van der Waals surface area (Å²) in [5, 5.41) is 5.67. The molecule has 13 rings (SSSR count). The summed E-state index contributed by atoms with van der Waals surface area (Å²) < 4.78 is 42.4. The van der Waals surface area contributed by atoms with Gasteiger partial charge in [-0.25, -0.2) is 0 Å². The van der Waals surface area contributed by atoms with Crippen molar-refractivity contribution in [2.75, 3.05) is 0 Å². The molecule has 0 aliphatic rings. The van der Waals surface area contributed by atoms with Gasteiger partial charge in [0.25, 0.3) is 0 Å². The van der Waals surface area contributed by atoms with Crippen molar-refractivity contribution in [2.45, 2.75) is 39.6 Å². The highest BCUT2D eigenvalue weighted by atomic mass is 16.5. The van der Waals surface area contributed by atoms with E-state index in [1.54, 1.807) is 37.2 Å². The summed E-state index contributed by atoms with van der Waals surface area (Å²) in [6, 6.07) is 59.4. The highest BCUT2D eigenvalue weighted by Crippen LogP contribution is 2.39. The third-order valence-corrected chi connectivity index (χ3v) is 14.0. The molecular weight excluding hydrogens is 973 g/mol. The van der Waals surface area contributed by atoms with Gasteiger partial charge in [-0.05, 0) is 72.8 Å². The van der Waals surface area contributed by atoms with E-state index in [0.717, 1.165) is 98.8 Å². The molecule has 0 N–H and O–H groups in total. The Bertz CT molecular complexity index is 3580. The molecule has 0 atom stereocenters. The summed E-state index contributed by atoms with van der Waals surface area (Å²) in [5.41, 5.74) is 9.15. The number of nitrogens with zero attached hydrogens (tertiary/aromatic N) is 6. The molecule has 6 aromatic heterocycles. The zero-order valence-electron chi connectivity index (χ0n) is 42.2. The third kappa shape index (κ3) is 9.58. The molecule has 0 radical (unpaired) electrons. The van der Waals surface area contributed by atoms with Gasteiger partial charge in [-0.15, -0.1) is 0 Å². The minimum atomic E-state index is 0.0642. The molecule has 0 saturated carbocycles. The Hall–Kier alpha value is -10.2. The predicted molar refractivity (Wildman–Crippen MR) is 303 cm³/mol. The Morgan fingerprint density at radius 2 is 0.346 bits per heavy atom. The van der Waals surface area contributed by atoms with Crippen LogP contribution in [0.1, 0.15) is 33.4 Å². The maximum Gasteiger partial charge on any atom is 0.146 e. The summed E-state index contributed by atoms with van der Waals surface area (Å²) in [4.78, 5) is 28.7. The summed E-state index contributed by atoms with van der Waals surface area (Å²) in [6.07, 6.45) is 10.7. The van der Waals surface area contributed by atoms with Gasteiger partial charge in [-0.3, -0.25) is 29.9 Å². The van der Waals surface area contributed by atoms with E-state index in [0.29, 0.717) is 34.5 Å². The van der Waals surface area contributed by atoms with Crippen molar-refractivity contribution in [3.63, 3.8) is 0 Å². The first-order valence-electron chi connectivity index (χ1n) is 25.7. The first-order valence-corrected chi connectivity index (χ1v) is 25.7. The van der Waals surface area contributed by atoms with Crippen LogP contribution in [0, 0.1) is 0 Å². The molecule has 78 heavy (non-hydrogen) atoms. The number of aromatic nitrogens is 6. The molecule has 378 valence electrons. The van der Waals surface area contributed by atoms with Crippen molar-refractivity contribution in [3.05, 3.63) is 253 Å². The molecule has 13 aromatic rings. The number of pyridine rings is 6. The molecule has 0 bridgehead atoms. The lowest BCUT2D eigenvalue weighted by Gasteiger charge is -2.28. The van der Waals surface area contributed by atoms with Gasteiger partial charge >= 0.3 is 0 Å². The fraction of sp³-hybridized carbons (Fsp3) is 0.0909. The summed E-state index contributed by atoms with van der Waals surface area (Å²) >= 11 is 0. The number of hydrogen-bond donors (Lipinski definition) is 0. The van der Waals surface area contributed by atoms with Crippen molar-refractivity contribution < 1.29 is 28.4 Å². The second-order valence-corrected chi connectivity index (χ2v) is 18.6. The van der Waals surface area contributed by atoms with Crippen LogP contribution in [-0.2, 0) is 39.6 Å². The van der Waals surface area contributed by atoms with E-state index in [1.165, 1.54) is 0 Å². The van der Waals surface area contributed by atoms with Gasteiger partial charge < -0.3 is 28.4 Å². The number of rotatable bonds is 18. The minimum Gasteiger partial charge on any atom is -0.487 e. The molecule has 12 nitrogen and oxygen atoms in total. The van der Waals surface area contributed by atoms with E-state index in [9.17, 15) is 0 Å². The van der Waals surface area contributed by atoms with Crippen LogP contribution < -0.4 is 28.4 Å². The zero-order chi connectivity index (χ0) is 52.0. The third-order valence-electron chi connectivity index (χ3n) is 14.0. The van der Waals surface area contributed by atoms with E-state index < -0.39 is 0 Å². The van der Waals surface area contributed by atoms with Crippen LogP contribution >= 0.6 is 0 Å². The summed E-state index contributed by atoms with van der Waals surface area (Å²) in [5.74, 6) is 3.66. The highest BCUT2D eigenvalue weighted by molar-refractivity contribution is 5.88. The average Bonchev–Trinajstić information content (AvgIpc) is 3.50. The minimum absolute atomic E-state index is 0.0642. The van der Waals surface area contributed by atoms with Crippen molar-refractivity contribution in [2.24, 2.45) is 0 Å². The van der Waals surface area contributed by atoms with Crippen molar-refractivity contribution >= 4 is 65.4 Å². The lowest BCUT2D eigenvalue weighted by molar-refractivity contribution is 0.251. The van der Waals surface area contributed by atoms with Crippen LogP contribution in [-0.4, -0.2) is 29.9 Å². The van der Waals surface area contributed by atoms with Crippen LogP contribution in [0.2, 0.25) is 0 Å². The van der Waals surface area contributed by atoms with E-state index >= 15 is 0 Å². The van der Waals surface area contributed by atoms with Crippen molar-refractivity contribution in [3.8, 4) is 34.5 Å². The van der Waals surface area contributed by atoms with Gasteiger partial charge in [0.05, 0.1) is 0 Å². The molecule has 12 heteroatoms. The molecule has 0 aliphatic heterocycles. The summed E-state index contributed by atoms with van der Waals surface area (Å²) in [6.45, 7) is 0.385. The topological polar surface area (TPSA) is 133 Å². The Labute approximate surface area is 448 Å². The Morgan fingerprint density at radius 3 is 0.513 bits per heavy atom. The average molecular weight is 1020 g/mol. The fourth-order valence-corrected chi connectivity index (χ4v) is 10.2. The van der Waals surface area contributed by atoms with Gasteiger partial charge in [0.2, 0.25) is 0 Å². The zero-order valence-corrected chi connectivity index (χ0v) is 42.2. The van der Waals surface area contributed by atoms with E-state index in [2.05, 4.69) is 0 Å². The van der Waals surface area contributed by atoms with Gasteiger partial charge in [0, 0.05) is 103 Å². The standard InChI is InChI=1S/C66H48N6O6/c1-13-43-19-7-31-67-61(43)55(25-1)73-37-49-50(38-74-56-26-2-14-44-20-8-32-68-62(44)56)52(40-76-58-28-4-16-46-22-10-34-70-64(46)58)54(42-78-60-30-6-18-48-24-12-36-72-66(48)60)53(41-77-59-29-5-17-47-23-11-35-71-65(47)59)51(49)39-75-57-27-3-15-45-21-9-33-69-63(45)57/h1-36H,37-42H2. The van der Waals surface area contributed by atoms with E-state index in [1.807, 2.05) is 182 Å². The molecular formula is C66H48N6O6. The Morgan fingerprint density at radius 1 is 0.192 bits per heavy atom. The molecule has 0 fully saturated rings. The summed E-state index contributed by atoms with van der Waals surface area (Å²) in [7, 11) is 0. The molecule has 0 aliphatic carbocycles. The highest BCUT2D eigenvalue weighted by Gasteiger charge is 2.28. The fourth-order valence-electron chi connectivity index (χ4n) is 10.2. The molecule has 0 spiro atoms. The van der Waals surface area contributed by atoms with Crippen LogP contribution in [0.3, 0.4) is 0 Å². The Balaban J connectivity index is 1.06. The van der Waals surface area contributed by atoms with Gasteiger partial charge in [-0.2, -0.15) is 0 Å². The Kier molecular flexibility index (Phi) is 13.1. The van der Waals surface area contributed by atoms with E-state index in [4.69, 9.17) is 58.3 Å². The molecule has 7 aromatic carbocycles. The van der Waals surface area contributed by atoms with E-state index in [-0.39, 0.29) is 39.6 Å².